The molecule has 0 radical (unpaired) electrons. The number of nitrogens with zero attached hydrogens (tertiary/aromatic N) is 2. The van der Waals surface area contributed by atoms with Gasteiger partial charge in [-0.15, -0.1) is 0 Å². The van der Waals surface area contributed by atoms with Crippen LogP contribution < -0.4 is 0 Å². The first-order valence-electron chi connectivity index (χ1n) is 7.73. The minimum Gasteiger partial charge on any atom is -0.318 e. The Morgan fingerprint density at radius 3 is 2.56 bits per heavy atom. The highest BCUT2D eigenvalue weighted by Crippen LogP contribution is 2.33. The summed E-state index contributed by atoms with van der Waals surface area (Å²) in [6.45, 7) is 5.94. The summed E-state index contributed by atoms with van der Waals surface area (Å²) in [7, 11) is 0. The van der Waals surface area contributed by atoms with Crippen LogP contribution in [0.4, 0.5) is 9.18 Å². The molecule has 1 aliphatic heterocycles. The minimum atomic E-state index is -0.471. The summed E-state index contributed by atoms with van der Waals surface area (Å²) >= 11 is 6.83. The molecule has 1 aliphatic rings. The number of imide groups is 1. The lowest BCUT2D eigenvalue weighted by molar-refractivity contribution is -0.122. The molecule has 1 fully saturated rings. The Kier molecular flexibility index (Phi) is 4.75. The van der Waals surface area contributed by atoms with Gasteiger partial charge in [0.2, 0.25) is 0 Å². The number of thioether (sulfide) groups is 1. The van der Waals surface area contributed by atoms with Gasteiger partial charge in [0.25, 0.3) is 11.1 Å². The molecule has 0 bridgehead atoms. The largest absolute Gasteiger partial charge is 0.318 e. The summed E-state index contributed by atoms with van der Waals surface area (Å²) < 4.78 is 15.3. The number of aromatic nitrogens is 1. The van der Waals surface area contributed by atoms with Crippen molar-refractivity contribution in [3.63, 3.8) is 0 Å². The fourth-order valence-electron chi connectivity index (χ4n) is 2.87. The Hall–Kier alpha value is -2.05. The normalized spacial score (nSPS) is 16.4. The lowest BCUT2D eigenvalue weighted by Gasteiger charge is -2.10. The molecule has 1 saturated heterocycles. The average molecular weight is 379 g/mol. The van der Waals surface area contributed by atoms with E-state index in [9.17, 15) is 14.0 Å². The first-order chi connectivity index (χ1) is 11.8. The molecule has 4 nitrogen and oxygen atoms in total. The fraction of sp³-hybridized carbons (Fsp3) is 0.222. The zero-order valence-corrected chi connectivity index (χ0v) is 15.5. The van der Waals surface area contributed by atoms with E-state index in [2.05, 4.69) is 0 Å². The van der Waals surface area contributed by atoms with Crippen LogP contribution in [-0.2, 0) is 4.79 Å². The Balaban J connectivity index is 2.03. The Morgan fingerprint density at radius 1 is 1.24 bits per heavy atom. The third kappa shape index (κ3) is 3.12. The van der Waals surface area contributed by atoms with Gasteiger partial charge in [-0.2, -0.15) is 0 Å². The second-order valence-corrected chi connectivity index (χ2v) is 7.09. The van der Waals surface area contributed by atoms with Crippen molar-refractivity contribution in [2.75, 3.05) is 6.54 Å². The maximum Gasteiger partial charge on any atom is 0.293 e. The second-order valence-electron chi connectivity index (χ2n) is 5.69. The summed E-state index contributed by atoms with van der Waals surface area (Å²) in [4.78, 5) is 25.7. The number of carbonyl (C=O) groups excluding carboxylic acids is 2. The predicted molar refractivity (Wildman–Crippen MR) is 98.6 cm³/mol. The molecule has 0 atom stereocenters. The number of likely N-dealkylation sites (N-methyl/N-ethyl adjacent to an activating group) is 1. The van der Waals surface area contributed by atoms with Crippen molar-refractivity contribution in [2.45, 2.75) is 20.8 Å². The van der Waals surface area contributed by atoms with Gasteiger partial charge >= 0.3 is 0 Å². The van der Waals surface area contributed by atoms with Crippen LogP contribution in [0.5, 0.6) is 0 Å². The zero-order chi connectivity index (χ0) is 18.3. The Morgan fingerprint density at radius 2 is 1.96 bits per heavy atom. The lowest BCUT2D eigenvalue weighted by atomic mass is 10.2. The fourth-order valence-corrected chi connectivity index (χ4v) is 3.94. The quantitative estimate of drug-likeness (QED) is 0.710. The zero-order valence-electron chi connectivity index (χ0n) is 14.0. The molecule has 2 aromatic rings. The van der Waals surface area contributed by atoms with Crippen LogP contribution >= 0.6 is 23.4 Å². The molecule has 0 N–H and O–H groups in total. The summed E-state index contributed by atoms with van der Waals surface area (Å²) in [5, 5.41) is -0.200. The van der Waals surface area contributed by atoms with Crippen molar-refractivity contribution in [1.29, 1.82) is 0 Å². The van der Waals surface area contributed by atoms with E-state index in [1.807, 2.05) is 24.5 Å². The van der Waals surface area contributed by atoms with Crippen molar-refractivity contribution in [3.05, 3.63) is 57.0 Å². The van der Waals surface area contributed by atoms with E-state index in [1.54, 1.807) is 25.1 Å². The highest BCUT2D eigenvalue weighted by Gasteiger charge is 2.33. The topological polar surface area (TPSA) is 42.3 Å². The molecule has 25 heavy (non-hydrogen) atoms. The molecule has 2 heterocycles. The molecule has 130 valence electrons. The van der Waals surface area contributed by atoms with Crippen molar-refractivity contribution in [1.82, 2.24) is 9.47 Å². The molecule has 1 aromatic heterocycles. The van der Waals surface area contributed by atoms with Crippen molar-refractivity contribution in [3.8, 4) is 5.69 Å². The molecule has 7 heteroatoms. The van der Waals surface area contributed by atoms with Gasteiger partial charge in [-0.25, -0.2) is 4.39 Å². The highest BCUT2D eigenvalue weighted by atomic mass is 35.5. The van der Waals surface area contributed by atoms with E-state index in [-0.39, 0.29) is 16.2 Å². The standard InChI is InChI=1S/C18H16ClFN2O2S/c1-4-21-17(23)16(25-18(21)24)8-12-7-10(2)22(11(12)3)13-5-6-15(20)14(19)9-13/h5-9H,4H2,1-3H3/b16-8+. The van der Waals surface area contributed by atoms with Crippen LogP contribution in [0, 0.1) is 19.7 Å². The molecule has 1 aromatic carbocycles. The van der Waals surface area contributed by atoms with Crippen LogP contribution in [0.2, 0.25) is 5.02 Å². The third-order valence-electron chi connectivity index (χ3n) is 4.11. The van der Waals surface area contributed by atoms with Crippen LogP contribution in [0.3, 0.4) is 0 Å². The van der Waals surface area contributed by atoms with Gasteiger partial charge in [-0.1, -0.05) is 11.6 Å². The molecular formula is C18H16ClFN2O2S. The van der Waals surface area contributed by atoms with E-state index in [1.165, 1.54) is 11.0 Å². The maximum absolute atomic E-state index is 13.4. The monoisotopic (exact) mass is 378 g/mol. The number of carbonyl (C=O) groups is 2. The van der Waals surface area contributed by atoms with E-state index in [0.29, 0.717) is 11.4 Å². The minimum absolute atomic E-state index is 0.0515. The van der Waals surface area contributed by atoms with Gasteiger partial charge in [0.1, 0.15) is 5.82 Å². The smallest absolute Gasteiger partial charge is 0.293 e. The van der Waals surface area contributed by atoms with Crippen molar-refractivity contribution in [2.24, 2.45) is 0 Å². The van der Waals surface area contributed by atoms with E-state index < -0.39 is 5.82 Å². The summed E-state index contributed by atoms with van der Waals surface area (Å²) in [6, 6.07) is 6.46. The SMILES string of the molecule is CCN1C(=O)S/C(=C/c2cc(C)n(-c3ccc(F)c(Cl)c3)c2C)C1=O. The van der Waals surface area contributed by atoms with Gasteiger partial charge in [-0.05, 0) is 68.4 Å². The molecule has 0 aliphatic carbocycles. The summed E-state index contributed by atoms with van der Waals surface area (Å²) in [5.74, 6) is -0.742. The average Bonchev–Trinajstić information content (AvgIpc) is 2.99. The number of hydrogen-bond acceptors (Lipinski definition) is 3. The predicted octanol–water partition coefficient (Wildman–Crippen LogP) is 4.94. The van der Waals surface area contributed by atoms with Gasteiger partial charge < -0.3 is 4.57 Å². The molecule has 0 spiro atoms. The van der Waals surface area contributed by atoms with E-state index in [0.717, 1.165) is 34.4 Å². The number of amides is 2. The number of halogens is 2. The van der Waals surface area contributed by atoms with Crippen molar-refractivity contribution >= 4 is 40.6 Å². The van der Waals surface area contributed by atoms with Gasteiger partial charge in [0.15, 0.2) is 0 Å². The number of benzene rings is 1. The van der Waals surface area contributed by atoms with Crippen LogP contribution in [0.25, 0.3) is 11.8 Å². The molecule has 0 saturated carbocycles. The molecule has 2 amide bonds. The maximum atomic E-state index is 13.4. The van der Waals surface area contributed by atoms with Gasteiger partial charge in [-0.3, -0.25) is 14.5 Å². The molecular weight excluding hydrogens is 363 g/mol. The lowest BCUT2D eigenvalue weighted by Crippen LogP contribution is -2.27. The molecule has 3 rings (SSSR count). The van der Waals surface area contributed by atoms with E-state index in [4.69, 9.17) is 11.6 Å². The number of rotatable bonds is 3. The first-order valence-corrected chi connectivity index (χ1v) is 8.92. The number of aryl methyl sites for hydroxylation is 1. The summed E-state index contributed by atoms with van der Waals surface area (Å²) in [6.07, 6.45) is 1.73. The second kappa shape index (κ2) is 6.69. The van der Waals surface area contributed by atoms with Gasteiger partial charge in [0.05, 0.1) is 9.93 Å². The highest BCUT2D eigenvalue weighted by molar-refractivity contribution is 8.18. The van der Waals surface area contributed by atoms with E-state index >= 15 is 0 Å². The van der Waals surface area contributed by atoms with Crippen LogP contribution in [-0.4, -0.2) is 27.2 Å². The molecule has 0 unspecified atom stereocenters. The van der Waals surface area contributed by atoms with Crippen molar-refractivity contribution < 1.29 is 14.0 Å². The van der Waals surface area contributed by atoms with Crippen LogP contribution in [0.1, 0.15) is 23.9 Å². The Bertz CT molecular complexity index is 920. The summed E-state index contributed by atoms with van der Waals surface area (Å²) in [5.41, 5.74) is 3.37. The first kappa shape index (κ1) is 17.8. The Labute approximate surface area is 154 Å². The number of hydrogen-bond donors (Lipinski definition) is 0. The van der Waals surface area contributed by atoms with Gasteiger partial charge in [0, 0.05) is 23.6 Å². The third-order valence-corrected chi connectivity index (χ3v) is 5.31. The van der Waals surface area contributed by atoms with Crippen LogP contribution in [0.15, 0.2) is 29.2 Å².